The molecule has 31 nitrogen and oxygen atoms in total. The van der Waals surface area contributed by atoms with Crippen LogP contribution in [0.2, 0.25) is 20.1 Å². The third-order valence-electron chi connectivity index (χ3n) is 23.8. The fourth-order valence-electron chi connectivity index (χ4n) is 15.4. The molecule has 782 valence electrons. The van der Waals surface area contributed by atoms with Gasteiger partial charge in [-0.1, -0.05) is 135 Å². The molecule has 1 aliphatic rings. The van der Waals surface area contributed by atoms with E-state index in [1.54, 1.807) is 125 Å². The van der Waals surface area contributed by atoms with E-state index in [9.17, 15) is 44.4 Å². The summed E-state index contributed by atoms with van der Waals surface area (Å²) in [6.45, 7) is 18.1. The number of carboxylic acid groups (broad SMARTS) is 1. The number of pyridine rings is 4. The van der Waals surface area contributed by atoms with Crippen molar-refractivity contribution in [1.29, 1.82) is 0 Å². The number of hydrogen-bond acceptors (Lipinski definition) is 24. The number of hydrogen-bond donors (Lipinski definition) is 8. The summed E-state index contributed by atoms with van der Waals surface area (Å²) in [5, 5.41) is 52.1. The van der Waals surface area contributed by atoms with Crippen molar-refractivity contribution in [3.8, 4) is 101 Å². The molecule has 0 aliphatic carbocycles. The number of likely N-dealkylation sites (N-methyl/N-ethyl adjacent to an activating group) is 3. The molecule has 17 rings (SSSR count). The first-order valence-electron chi connectivity index (χ1n) is 46.8. The summed E-state index contributed by atoms with van der Waals surface area (Å²) in [6, 6.07) is 61.0. The predicted octanol–water partition coefficient (Wildman–Crippen LogP) is 21.2. The van der Waals surface area contributed by atoms with Crippen LogP contribution in [0.25, 0.3) is 101 Å². The van der Waals surface area contributed by atoms with Gasteiger partial charge in [0.05, 0.1) is 122 Å². The summed E-state index contributed by atoms with van der Waals surface area (Å²) in [4.78, 5) is 78.9. The number of nitrogens with two attached hydrogens (primary N) is 2. The highest BCUT2D eigenvalue weighted by Gasteiger charge is 2.52. The van der Waals surface area contributed by atoms with Gasteiger partial charge in [-0.25, -0.2) is 29.5 Å². The standard InChI is InChI=1S/C30H32ClN3O5.C25H24ClN3O3.C21H18ClN3O2.C15H12BrClN2O2.C12H18BNO2.C8H15NO4.ClH/c1-30(2,3)39-29(37)33(4)16-23(36)12-19-6-8-20(9-7-19)21-10-11-34-17-26(32-28(34)14-21)24-15-25(31)27(38-5)13-22(24)18-35;1-27-13-20(31)9-16-3-5-17(6-4-16)18-7-8-29-14-23(28-25(29)11-18)21-12-22(26)24(32-2)10-19(21)15-30;1-27-20-8-15(12-26)17(10-18(20)22)19-11-25-7-6-14(9-21(25)24-19)13-2-4-16(23)5-3-13;1-21-14-4-9(8-20)11(6-12(14)17)13-7-19-3-2-10(16)5-15(19)18-13;1-11(2)12(3,4)16-13(15-11)9-5-7-10(14)8-6-9;1-8(2,3)13-7(12)9(4)5-6(10)11;/h6-11,13-15,17,35H,12,16,18H2,1-5H3;3-8,10-12,14,27,30H,9,13,15H2,1-2H3;2-11,26H,12,23H2,1H3;2-7,20H,8H2,1H3;5-8H,14H2,1-4H3;5H2,1-4H3,(H,10,11);1H. The number of methoxy groups -OCH3 is 4. The molecule has 149 heavy (non-hydrogen) atoms. The Labute approximate surface area is 899 Å². The number of anilines is 2. The first kappa shape index (κ1) is 116. The Balaban J connectivity index is 0.000000175. The molecule has 0 radical (unpaired) electrons. The highest BCUT2D eigenvalue weighted by Crippen LogP contribution is 2.42. The van der Waals surface area contributed by atoms with Gasteiger partial charge in [-0.3, -0.25) is 14.4 Å². The average molecular weight is 2190 g/mol. The molecule has 38 heteroatoms. The SMILES string of the molecule is CC1(C)OB(c2ccc(N)cc2)OC1(C)C.CN(CC(=O)O)C(=O)OC(C)(C)C.CNCC(=O)Cc1ccc(-c2ccn3cc(-c4cc(Cl)c(OC)cc4CO)nc3c2)cc1.COc1cc(CO)c(-c2cn3ccc(-c4ccc(CC(=O)CN(C)C(=O)OC(C)(C)C)cc4)cc3n2)cc1Cl.COc1cc(CO)c(-c2cn3ccc(-c4ccc(N)cc4)cc3n2)cc1Cl.COc1cc(CO)c(-c2cn3ccc(Br)cc3n2)cc1Cl.Cl. The van der Waals surface area contributed by atoms with E-state index < -0.39 is 29.4 Å². The minimum atomic E-state index is -1.06. The van der Waals surface area contributed by atoms with Crippen molar-refractivity contribution < 1.29 is 87.2 Å². The minimum absolute atomic E-state index is 0. The molecule has 16 aromatic rings. The normalized spacial score (nSPS) is 12.3. The second-order valence-electron chi connectivity index (χ2n) is 37.7. The van der Waals surface area contributed by atoms with Gasteiger partial charge in [-0.2, -0.15) is 0 Å². The zero-order valence-corrected chi connectivity index (χ0v) is 90.9. The van der Waals surface area contributed by atoms with Gasteiger partial charge in [-0.15, -0.1) is 12.4 Å². The van der Waals surface area contributed by atoms with Gasteiger partial charge in [0, 0.05) is 115 Å². The van der Waals surface area contributed by atoms with E-state index in [2.05, 4.69) is 26.2 Å². The Morgan fingerprint density at radius 2 is 0.711 bits per heavy atom. The number of carboxylic acids is 1. The maximum atomic E-state index is 12.5. The summed E-state index contributed by atoms with van der Waals surface area (Å²) in [6.07, 6.45) is 14.9. The molecular formula is C111H120BBrCl5N13O18. The van der Waals surface area contributed by atoms with Gasteiger partial charge >= 0.3 is 25.3 Å². The number of Topliss-reactive ketones (excluding diaryl/α,β-unsaturated/α-hetero) is 2. The zero-order valence-electron chi connectivity index (χ0n) is 85.5. The van der Waals surface area contributed by atoms with Crippen molar-refractivity contribution >= 4 is 151 Å². The smallest absolute Gasteiger partial charge is 0.494 e. The van der Waals surface area contributed by atoms with E-state index in [1.807, 2.05) is 240 Å². The lowest BCUT2D eigenvalue weighted by Gasteiger charge is -2.32. The molecule has 0 unspecified atom stereocenters. The molecule has 10 N–H and O–H groups in total. The first-order valence-corrected chi connectivity index (χ1v) is 49.1. The number of benzene rings is 8. The van der Waals surface area contributed by atoms with Gasteiger partial charge in [0.25, 0.3) is 0 Å². The van der Waals surface area contributed by atoms with Crippen LogP contribution in [0.4, 0.5) is 21.0 Å². The number of aliphatic carboxylic acids is 1. The van der Waals surface area contributed by atoms with Crippen LogP contribution in [0.1, 0.15) is 103 Å². The van der Waals surface area contributed by atoms with E-state index in [4.69, 9.17) is 116 Å². The number of aliphatic hydroxyl groups is 4. The number of fused-ring (bicyclic) bond motifs is 4. The van der Waals surface area contributed by atoms with Gasteiger partial charge in [0.1, 0.15) is 63.3 Å². The number of nitrogens with one attached hydrogen (secondary N) is 1. The lowest BCUT2D eigenvalue weighted by Crippen LogP contribution is -2.41. The highest BCUT2D eigenvalue weighted by atomic mass is 79.9. The molecule has 0 saturated carbocycles. The molecule has 1 fully saturated rings. The summed E-state index contributed by atoms with van der Waals surface area (Å²) in [5.41, 5.74) is 32.0. The number of halogens is 6. The summed E-state index contributed by atoms with van der Waals surface area (Å²) >= 11 is 28.5. The second-order valence-corrected chi connectivity index (χ2v) is 40.2. The van der Waals surface area contributed by atoms with Crippen LogP contribution in [0.3, 0.4) is 0 Å². The number of carbonyl (C=O) groups excluding carboxylic acids is 4. The maximum absolute atomic E-state index is 12.5. The summed E-state index contributed by atoms with van der Waals surface area (Å²) in [5.74, 6) is 1.09. The number of nitrogen functional groups attached to an aromatic ring is 2. The van der Waals surface area contributed by atoms with Crippen molar-refractivity contribution in [2.75, 3.05) is 80.7 Å². The van der Waals surface area contributed by atoms with Gasteiger partial charge < -0.3 is 107 Å². The quantitative estimate of drug-likeness (QED) is 0.0184. The van der Waals surface area contributed by atoms with E-state index in [1.165, 1.54) is 19.1 Å². The zero-order chi connectivity index (χ0) is 108. The monoisotopic (exact) mass is 2190 g/mol. The molecule has 1 saturated heterocycles. The van der Waals surface area contributed by atoms with Crippen molar-refractivity contribution in [1.82, 2.24) is 52.7 Å². The fourth-order valence-corrected chi connectivity index (χ4v) is 16.7. The van der Waals surface area contributed by atoms with Crippen LogP contribution in [0.15, 0.2) is 248 Å². The van der Waals surface area contributed by atoms with Crippen LogP contribution >= 0.6 is 74.7 Å². The number of imidazole rings is 4. The predicted molar refractivity (Wildman–Crippen MR) is 591 cm³/mol. The third kappa shape index (κ3) is 30.4. The lowest BCUT2D eigenvalue weighted by molar-refractivity contribution is -0.138. The number of ether oxygens (including phenoxy) is 6. The van der Waals surface area contributed by atoms with Crippen molar-refractivity contribution in [3.05, 3.63) is 302 Å². The summed E-state index contributed by atoms with van der Waals surface area (Å²) in [7, 11) is 10.6. The lowest BCUT2D eigenvalue weighted by atomic mass is 9.79. The summed E-state index contributed by atoms with van der Waals surface area (Å²) < 4.78 is 51.7. The van der Waals surface area contributed by atoms with E-state index >= 15 is 0 Å². The molecule has 8 aromatic heterocycles. The molecule has 2 amide bonds. The molecule has 1 aliphatic heterocycles. The van der Waals surface area contributed by atoms with Crippen LogP contribution in [0, 0.1) is 0 Å². The second kappa shape index (κ2) is 51.1. The maximum Gasteiger partial charge on any atom is 0.494 e. The number of ketones is 2. The Morgan fingerprint density at radius 1 is 0.423 bits per heavy atom. The van der Waals surface area contributed by atoms with Gasteiger partial charge in [0.15, 0.2) is 11.6 Å². The molecule has 0 spiro atoms. The van der Waals surface area contributed by atoms with Gasteiger partial charge in [0.2, 0.25) is 0 Å². The molecule has 0 bridgehead atoms. The van der Waals surface area contributed by atoms with E-state index in [0.29, 0.717) is 84.1 Å². The Bertz CT molecular complexity index is 7410. The number of aromatic nitrogens is 8. The molecular weight excluding hydrogens is 2070 g/mol. The molecule has 8 aromatic carbocycles. The van der Waals surface area contributed by atoms with Crippen molar-refractivity contribution in [2.45, 2.75) is 131 Å². The number of aliphatic hydroxyl groups excluding tert-OH is 4. The molecule has 9 heterocycles. The number of amides is 2. The van der Waals surface area contributed by atoms with Crippen molar-refractivity contribution in [3.63, 3.8) is 0 Å². The van der Waals surface area contributed by atoms with Gasteiger partial charge in [-0.05, 0) is 270 Å². The van der Waals surface area contributed by atoms with E-state index in [-0.39, 0.29) is 88.2 Å². The molecule has 0 atom stereocenters. The van der Waals surface area contributed by atoms with E-state index in [0.717, 1.165) is 133 Å². The van der Waals surface area contributed by atoms with Crippen LogP contribution in [-0.2, 0) is 72.4 Å². The Hall–Kier alpha value is -13.6. The highest BCUT2D eigenvalue weighted by molar-refractivity contribution is 9.10. The van der Waals surface area contributed by atoms with Crippen LogP contribution in [0.5, 0.6) is 23.0 Å². The van der Waals surface area contributed by atoms with Crippen LogP contribution < -0.4 is 41.2 Å². The van der Waals surface area contributed by atoms with Crippen molar-refractivity contribution in [2.24, 2.45) is 0 Å². The number of nitrogens with zero attached hydrogens (tertiary/aromatic N) is 10. The largest absolute Gasteiger partial charge is 0.495 e. The third-order valence-corrected chi connectivity index (χ3v) is 25.4. The van der Waals surface area contributed by atoms with Crippen LogP contribution in [-0.4, -0.2) is 201 Å². The first-order chi connectivity index (χ1) is 70.2. The minimum Gasteiger partial charge on any atom is -0.495 e. The fraction of sp³-hybridized carbons (Fsp3) is 0.270. The average Bonchev–Trinajstić information content (AvgIpc) is 1.65. The Morgan fingerprint density at radius 3 is 1.01 bits per heavy atom. The topological polar surface area (TPSA) is 400 Å². The number of rotatable bonds is 26. The number of carbonyl (C=O) groups is 5. The Kier molecular flexibility index (Phi) is 39.6.